The van der Waals surface area contributed by atoms with Crippen molar-refractivity contribution < 1.29 is 9.90 Å². The van der Waals surface area contributed by atoms with Crippen LogP contribution in [-0.2, 0) is 4.79 Å². The lowest BCUT2D eigenvalue weighted by atomic mass is 10.2. The molecule has 0 radical (unpaired) electrons. The Morgan fingerprint density at radius 1 is 1.47 bits per heavy atom. The van der Waals surface area contributed by atoms with E-state index < -0.39 is 0 Å². The van der Waals surface area contributed by atoms with Crippen molar-refractivity contribution >= 4 is 35.0 Å². The average Bonchev–Trinajstić information content (AvgIpc) is 2.40. The highest BCUT2D eigenvalue weighted by Gasteiger charge is 2.15. The summed E-state index contributed by atoms with van der Waals surface area (Å²) in [5.74, 6) is -0.155. The van der Waals surface area contributed by atoms with Gasteiger partial charge in [0.25, 0.3) is 0 Å². The van der Waals surface area contributed by atoms with Crippen LogP contribution in [-0.4, -0.2) is 41.7 Å². The summed E-state index contributed by atoms with van der Waals surface area (Å²) in [6.07, 6.45) is 1.93. The van der Waals surface area contributed by atoms with Crippen LogP contribution in [0, 0.1) is 0 Å². The van der Waals surface area contributed by atoms with Crippen LogP contribution in [0.5, 0.6) is 0 Å². The number of thioether (sulfide) groups is 1. The minimum atomic E-state index is -0.155. The number of benzene rings is 1. The number of halogens is 1. The molecular formula is C13H19ClN2O2S. The van der Waals surface area contributed by atoms with Crippen molar-refractivity contribution in [2.24, 2.45) is 0 Å². The molecule has 3 N–H and O–H groups in total. The quantitative estimate of drug-likeness (QED) is 0.721. The van der Waals surface area contributed by atoms with Crippen molar-refractivity contribution in [1.29, 1.82) is 0 Å². The molecule has 6 heteroatoms. The molecule has 0 aromatic heterocycles. The van der Waals surface area contributed by atoms with E-state index in [1.54, 1.807) is 23.9 Å². The molecule has 1 amide bonds. The van der Waals surface area contributed by atoms with Gasteiger partial charge in [-0.15, -0.1) is 0 Å². The van der Waals surface area contributed by atoms with Crippen molar-refractivity contribution in [2.45, 2.75) is 18.2 Å². The van der Waals surface area contributed by atoms with Crippen LogP contribution < -0.4 is 10.6 Å². The van der Waals surface area contributed by atoms with Gasteiger partial charge in [0, 0.05) is 11.3 Å². The summed E-state index contributed by atoms with van der Waals surface area (Å²) in [6, 6.07) is 7.15. The van der Waals surface area contributed by atoms with Gasteiger partial charge in [0.1, 0.15) is 0 Å². The molecule has 0 aliphatic heterocycles. The van der Waals surface area contributed by atoms with Crippen LogP contribution in [0.2, 0.25) is 5.02 Å². The van der Waals surface area contributed by atoms with Crippen LogP contribution in [0.1, 0.15) is 6.92 Å². The van der Waals surface area contributed by atoms with Gasteiger partial charge in [-0.1, -0.05) is 23.7 Å². The maximum atomic E-state index is 11.8. The Hall–Kier alpha value is -0.750. The molecular weight excluding hydrogens is 284 g/mol. The number of aliphatic hydroxyl groups excluding tert-OH is 1. The van der Waals surface area contributed by atoms with Gasteiger partial charge in [-0.2, -0.15) is 11.8 Å². The van der Waals surface area contributed by atoms with Crippen LogP contribution in [0.25, 0.3) is 0 Å². The molecule has 4 nitrogen and oxygen atoms in total. The van der Waals surface area contributed by atoms with Gasteiger partial charge in [-0.25, -0.2) is 0 Å². The van der Waals surface area contributed by atoms with Crippen molar-refractivity contribution in [3.8, 4) is 0 Å². The van der Waals surface area contributed by atoms with Crippen molar-refractivity contribution in [1.82, 2.24) is 5.32 Å². The third kappa shape index (κ3) is 5.40. The van der Waals surface area contributed by atoms with Gasteiger partial charge in [-0.3, -0.25) is 4.79 Å². The number of carbonyl (C=O) groups excluding carboxylic acids is 1. The fourth-order valence-corrected chi connectivity index (χ4v) is 2.42. The number of hydrogen-bond acceptors (Lipinski definition) is 4. The zero-order valence-corrected chi connectivity index (χ0v) is 12.6. The Morgan fingerprint density at radius 3 is 2.74 bits per heavy atom. The van der Waals surface area contributed by atoms with E-state index in [1.165, 1.54) is 0 Å². The largest absolute Gasteiger partial charge is 0.395 e. The normalized spacial score (nSPS) is 13.9. The number of nitrogens with one attached hydrogen (secondary N) is 2. The minimum absolute atomic E-state index is 0.0528. The fraction of sp³-hybridized carbons (Fsp3) is 0.462. The summed E-state index contributed by atoms with van der Waals surface area (Å²) in [7, 11) is 0. The second-order valence-electron chi connectivity index (χ2n) is 4.15. The monoisotopic (exact) mass is 302 g/mol. The van der Waals surface area contributed by atoms with Gasteiger partial charge >= 0.3 is 0 Å². The maximum Gasteiger partial charge on any atom is 0.238 e. The van der Waals surface area contributed by atoms with E-state index in [0.29, 0.717) is 10.7 Å². The topological polar surface area (TPSA) is 61.4 Å². The first-order valence-electron chi connectivity index (χ1n) is 6.00. The van der Waals surface area contributed by atoms with E-state index in [-0.39, 0.29) is 30.4 Å². The molecule has 1 aromatic carbocycles. The number of rotatable bonds is 7. The van der Waals surface area contributed by atoms with E-state index in [9.17, 15) is 4.79 Å². The second kappa shape index (κ2) is 8.43. The van der Waals surface area contributed by atoms with Crippen molar-refractivity contribution in [3.63, 3.8) is 0 Å². The highest BCUT2D eigenvalue weighted by Crippen LogP contribution is 2.20. The van der Waals surface area contributed by atoms with Gasteiger partial charge < -0.3 is 15.7 Å². The third-order valence-corrected chi connectivity index (χ3v) is 4.27. The first kappa shape index (κ1) is 16.3. The average molecular weight is 303 g/mol. The van der Waals surface area contributed by atoms with E-state index in [2.05, 4.69) is 10.6 Å². The molecule has 0 fully saturated rings. The van der Waals surface area contributed by atoms with Crippen molar-refractivity contribution in [3.05, 3.63) is 29.3 Å². The predicted octanol–water partition coefficient (Wildman–Crippen LogP) is 1.98. The number of carbonyl (C=O) groups is 1. The SMILES string of the molecule is CSC(CO)C(C)NCC(=O)Nc1ccccc1Cl. The molecule has 19 heavy (non-hydrogen) atoms. The van der Waals surface area contributed by atoms with Crippen LogP contribution in [0.3, 0.4) is 0 Å². The molecule has 0 aliphatic carbocycles. The maximum absolute atomic E-state index is 11.8. The lowest BCUT2D eigenvalue weighted by molar-refractivity contribution is -0.115. The number of hydrogen-bond donors (Lipinski definition) is 3. The van der Waals surface area contributed by atoms with Gasteiger partial charge in [0.15, 0.2) is 0 Å². The molecule has 0 bridgehead atoms. The van der Waals surface area contributed by atoms with E-state index in [0.717, 1.165) is 0 Å². The zero-order chi connectivity index (χ0) is 14.3. The van der Waals surface area contributed by atoms with E-state index in [1.807, 2.05) is 25.3 Å². The highest BCUT2D eigenvalue weighted by molar-refractivity contribution is 7.99. The Labute approximate surface area is 122 Å². The number of para-hydroxylation sites is 1. The molecule has 0 saturated heterocycles. The molecule has 0 heterocycles. The molecule has 0 spiro atoms. The predicted molar refractivity (Wildman–Crippen MR) is 81.9 cm³/mol. The van der Waals surface area contributed by atoms with Gasteiger partial charge in [0.05, 0.1) is 23.9 Å². The number of amides is 1. The summed E-state index contributed by atoms with van der Waals surface area (Å²) in [5, 5.41) is 15.6. The lowest BCUT2D eigenvalue weighted by Gasteiger charge is -2.21. The molecule has 106 valence electrons. The summed E-state index contributed by atoms with van der Waals surface area (Å²) < 4.78 is 0. The Bertz CT molecular complexity index is 413. The molecule has 2 atom stereocenters. The fourth-order valence-electron chi connectivity index (χ4n) is 1.58. The van der Waals surface area contributed by atoms with E-state index >= 15 is 0 Å². The Morgan fingerprint density at radius 2 is 2.16 bits per heavy atom. The molecule has 1 aromatic rings. The minimum Gasteiger partial charge on any atom is -0.395 e. The Kier molecular flexibility index (Phi) is 7.23. The smallest absolute Gasteiger partial charge is 0.238 e. The summed E-state index contributed by atoms with van der Waals surface area (Å²) in [6.45, 7) is 2.21. The molecule has 0 saturated carbocycles. The number of anilines is 1. The Balaban J connectivity index is 2.42. The van der Waals surface area contributed by atoms with Crippen LogP contribution >= 0.6 is 23.4 Å². The van der Waals surface area contributed by atoms with Crippen LogP contribution in [0.15, 0.2) is 24.3 Å². The number of aliphatic hydroxyl groups is 1. The summed E-state index contributed by atoms with van der Waals surface area (Å²) in [5.41, 5.74) is 0.604. The zero-order valence-electron chi connectivity index (χ0n) is 11.0. The first-order chi connectivity index (χ1) is 9.08. The first-order valence-corrected chi connectivity index (χ1v) is 7.66. The van der Waals surface area contributed by atoms with Crippen LogP contribution in [0.4, 0.5) is 5.69 Å². The third-order valence-electron chi connectivity index (χ3n) is 2.77. The summed E-state index contributed by atoms with van der Waals surface area (Å²) >= 11 is 7.53. The standard InChI is InChI=1S/C13H19ClN2O2S/c1-9(12(8-17)19-2)15-7-13(18)16-11-6-4-3-5-10(11)14/h3-6,9,12,15,17H,7-8H2,1-2H3,(H,16,18). The highest BCUT2D eigenvalue weighted by atomic mass is 35.5. The summed E-state index contributed by atoms with van der Waals surface area (Å²) in [4.78, 5) is 11.8. The lowest BCUT2D eigenvalue weighted by Crippen LogP contribution is -2.41. The van der Waals surface area contributed by atoms with Gasteiger partial charge in [-0.05, 0) is 25.3 Å². The van der Waals surface area contributed by atoms with E-state index in [4.69, 9.17) is 16.7 Å². The van der Waals surface area contributed by atoms with Crippen molar-refractivity contribution in [2.75, 3.05) is 24.7 Å². The molecule has 2 unspecified atom stereocenters. The molecule has 0 aliphatic rings. The second-order valence-corrected chi connectivity index (χ2v) is 5.64. The molecule has 1 rings (SSSR count). The van der Waals surface area contributed by atoms with Gasteiger partial charge in [0.2, 0.25) is 5.91 Å².